The summed E-state index contributed by atoms with van der Waals surface area (Å²) in [6, 6.07) is 9.04. The Hall–Kier alpha value is -2.74. The average Bonchev–Trinajstić information content (AvgIpc) is 3.06. The van der Waals surface area contributed by atoms with Crippen molar-refractivity contribution in [1.29, 1.82) is 0 Å². The van der Waals surface area contributed by atoms with Crippen LogP contribution in [0.5, 0.6) is 0 Å². The van der Waals surface area contributed by atoms with Gasteiger partial charge in [0.25, 0.3) is 5.91 Å². The summed E-state index contributed by atoms with van der Waals surface area (Å²) in [6.45, 7) is 4.22. The van der Waals surface area contributed by atoms with Crippen molar-refractivity contribution in [2.24, 2.45) is 7.05 Å². The summed E-state index contributed by atoms with van der Waals surface area (Å²) in [5.74, 6) is 0.449. The average molecular weight is 371 g/mol. The van der Waals surface area contributed by atoms with Gasteiger partial charge in [0.05, 0.1) is 6.04 Å². The maximum absolute atomic E-state index is 12.9. The Bertz CT molecular complexity index is 790. The first-order chi connectivity index (χ1) is 13.0. The molecule has 2 aromatic rings. The molecule has 0 radical (unpaired) electrons. The molecule has 2 heterocycles. The van der Waals surface area contributed by atoms with Crippen molar-refractivity contribution in [2.75, 3.05) is 13.2 Å². The standard InChI is InChI=1S/C19H25N5O3/c1-13(2)24-16(25)11-27-18(17(24)14-7-5-4-6-8-14)19(26)20-10-9-15-21-12-22-23(15)3/h4-8,12-13,17-18H,9-11H2,1-3H3,(H,20,26)/t17-,18+/m1/s1. The second-order valence-corrected chi connectivity index (χ2v) is 6.82. The SMILES string of the molecule is CC(C)N1C(=O)CO[C@H](C(=O)NCCc2ncnn2C)[C@H]1c1ccccc1. The van der Waals surface area contributed by atoms with Crippen molar-refractivity contribution < 1.29 is 14.3 Å². The third-order valence-corrected chi connectivity index (χ3v) is 4.67. The first-order valence-electron chi connectivity index (χ1n) is 9.07. The Morgan fingerprint density at radius 2 is 2.07 bits per heavy atom. The van der Waals surface area contributed by atoms with Gasteiger partial charge in [-0.3, -0.25) is 14.3 Å². The van der Waals surface area contributed by atoms with Gasteiger partial charge in [-0.15, -0.1) is 0 Å². The topological polar surface area (TPSA) is 89.3 Å². The van der Waals surface area contributed by atoms with Crippen LogP contribution in [-0.2, 0) is 27.8 Å². The monoisotopic (exact) mass is 371 g/mol. The smallest absolute Gasteiger partial charge is 0.251 e. The second kappa shape index (κ2) is 8.30. The predicted molar refractivity (Wildman–Crippen MR) is 98.6 cm³/mol. The number of morpholine rings is 1. The number of aryl methyl sites for hydroxylation is 1. The van der Waals surface area contributed by atoms with Gasteiger partial charge < -0.3 is 15.0 Å². The molecule has 8 nitrogen and oxygen atoms in total. The lowest BCUT2D eigenvalue weighted by molar-refractivity contribution is -0.167. The van der Waals surface area contributed by atoms with Crippen molar-refractivity contribution in [1.82, 2.24) is 25.0 Å². The highest BCUT2D eigenvalue weighted by Crippen LogP contribution is 2.32. The Balaban J connectivity index is 1.75. The van der Waals surface area contributed by atoms with Gasteiger partial charge >= 0.3 is 0 Å². The van der Waals surface area contributed by atoms with Gasteiger partial charge in [0.2, 0.25) is 5.91 Å². The number of rotatable bonds is 6. The molecule has 0 spiro atoms. The number of carbonyl (C=O) groups excluding carboxylic acids is 2. The van der Waals surface area contributed by atoms with Gasteiger partial charge in [0.15, 0.2) is 6.10 Å². The molecule has 8 heteroatoms. The van der Waals surface area contributed by atoms with Gasteiger partial charge in [-0.25, -0.2) is 4.98 Å². The first-order valence-corrected chi connectivity index (χ1v) is 9.07. The molecule has 0 bridgehead atoms. The zero-order valence-corrected chi connectivity index (χ0v) is 15.8. The number of benzene rings is 1. The van der Waals surface area contributed by atoms with Crippen molar-refractivity contribution in [3.05, 3.63) is 48.0 Å². The van der Waals surface area contributed by atoms with Gasteiger partial charge in [-0.2, -0.15) is 5.10 Å². The highest BCUT2D eigenvalue weighted by atomic mass is 16.5. The minimum absolute atomic E-state index is 0.0412. The summed E-state index contributed by atoms with van der Waals surface area (Å²) in [4.78, 5) is 31.2. The first kappa shape index (κ1) is 19.0. The number of ether oxygens (including phenoxy) is 1. The highest BCUT2D eigenvalue weighted by Gasteiger charge is 2.42. The van der Waals surface area contributed by atoms with Gasteiger partial charge in [-0.1, -0.05) is 30.3 Å². The van der Waals surface area contributed by atoms with Crippen molar-refractivity contribution >= 4 is 11.8 Å². The van der Waals surface area contributed by atoms with Crippen LogP contribution in [-0.4, -0.2) is 56.8 Å². The van der Waals surface area contributed by atoms with Crippen LogP contribution in [0.1, 0.15) is 31.3 Å². The van der Waals surface area contributed by atoms with Crippen LogP contribution < -0.4 is 5.32 Å². The molecule has 3 rings (SSSR count). The summed E-state index contributed by atoms with van der Waals surface area (Å²) in [7, 11) is 1.81. The fraction of sp³-hybridized carbons (Fsp3) is 0.474. The number of carbonyl (C=O) groups is 2. The summed E-state index contributed by atoms with van der Waals surface area (Å²) in [6.07, 6.45) is 1.29. The molecule has 1 N–H and O–H groups in total. The van der Waals surface area contributed by atoms with Crippen LogP contribution in [0.4, 0.5) is 0 Å². The van der Waals surface area contributed by atoms with E-state index in [9.17, 15) is 9.59 Å². The van der Waals surface area contributed by atoms with E-state index in [1.165, 1.54) is 6.33 Å². The normalized spacial score (nSPS) is 20.1. The Kier molecular flexibility index (Phi) is 5.85. The van der Waals surface area contributed by atoms with Crippen molar-refractivity contribution in [3.8, 4) is 0 Å². The van der Waals surface area contributed by atoms with E-state index in [4.69, 9.17) is 4.74 Å². The van der Waals surface area contributed by atoms with E-state index in [-0.39, 0.29) is 24.5 Å². The van der Waals surface area contributed by atoms with Gasteiger partial charge in [-0.05, 0) is 19.4 Å². The third kappa shape index (κ3) is 4.16. The Labute approximate surface area is 158 Å². The minimum atomic E-state index is -0.757. The number of hydrogen-bond donors (Lipinski definition) is 1. The van der Waals surface area contributed by atoms with Crippen LogP contribution in [0.2, 0.25) is 0 Å². The summed E-state index contributed by atoms with van der Waals surface area (Å²) in [5.41, 5.74) is 0.882. The summed E-state index contributed by atoms with van der Waals surface area (Å²) >= 11 is 0. The van der Waals surface area contributed by atoms with E-state index in [2.05, 4.69) is 15.4 Å². The fourth-order valence-electron chi connectivity index (χ4n) is 3.39. The lowest BCUT2D eigenvalue weighted by atomic mass is 9.96. The van der Waals surface area contributed by atoms with Gasteiger partial charge in [0.1, 0.15) is 18.8 Å². The minimum Gasteiger partial charge on any atom is -0.356 e. The highest BCUT2D eigenvalue weighted by molar-refractivity contribution is 5.86. The Morgan fingerprint density at radius 1 is 1.33 bits per heavy atom. The zero-order chi connectivity index (χ0) is 19.4. The third-order valence-electron chi connectivity index (χ3n) is 4.67. The quantitative estimate of drug-likeness (QED) is 0.813. The van der Waals surface area contributed by atoms with Crippen LogP contribution in [0.15, 0.2) is 36.7 Å². The van der Waals surface area contributed by atoms with E-state index in [1.807, 2.05) is 51.2 Å². The summed E-state index contributed by atoms with van der Waals surface area (Å²) in [5, 5.41) is 6.93. The zero-order valence-electron chi connectivity index (χ0n) is 15.8. The number of amides is 2. The number of hydrogen-bond acceptors (Lipinski definition) is 5. The van der Waals surface area contributed by atoms with Crippen LogP contribution in [0.3, 0.4) is 0 Å². The van der Waals surface area contributed by atoms with Gasteiger partial charge in [0, 0.05) is 26.1 Å². The lowest BCUT2D eigenvalue weighted by Gasteiger charge is -2.42. The molecule has 1 aromatic heterocycles. The molecular formula is C19H25N5O3. The molecule has 1 fully saturated rings. The van der Waals surface area contributed by atoms with E-state index >= 15 is 0 Å². The van der Waals surface area contributed by atoms with E-state index in [0.717, 1.165) is 11.4 Å². The largest absolute Gasteiger partial charge is 0.356 e. The molecule has 144 valence electrons. The van der Waals surface area contributed by atoms with E-state index < -0.39 is 12.1 Å². The molecular weight excluding hydrogens is 346 g/mol. The fourth-order valence-corrected chi connectivity index (χ4v) is 3.39. The predicted octanol–water partition coefficient (Wildman–Crippen LogP) is 0.851. The molecule has 1 aliphatic rings. The van der Waals surface area contributed by atoms with Crippen LogP contribution in [0.25, 0.3) is 0 Å². The van der Waals surface area contributed by atoms with Crippen LogP contribution in [0, 0.1) is 0 Å². The van der Waals surface area contributed by atoms with E-state index in [0.29, 0.717) is 13.0 Å². The van der Waals surface area contributed by atoms with Crippen molar-refractivity contribution in [2.45, 2.75) is 38.5 Å². The molecule has 0 saturated carbocycles. The van der Waals surface area contributed by atoms with E-state index in [1.54, 1.807) is 9.58 Å². The number of aromatic nitrogens is 3. The molecule has 1 aliphatic heterocycles. The molecule has 1 saturated heterocycles. The van der Waals surface area contributed by atoms with Crippen molar-refractivity contribution in [3.63, 3.8) is 0 Å². The Morgan fingerprint density at radius 3 is 2.70 bits per heavy atom. The molecule has 0 aliphatic carbocycles. The maximum atomic E-state index is 12.9. The summed E-state index contributed by atoms with van der Waals surface area (Å²) < 4.78 is 7.35. The van der Waals surface area contributed by atoms with Crippen LogP contribution >= 0.6 is 0 Å². The maximum Gasteiger partial charge on any atom is 0.251 e. The molecule has 2 amide bonds. The number of nitrogens with one attached hydrogen (secondary N) is 1. The molecule has 2 atom stereocenters. The molecule has 27 heavy (non-hydrogen) atoms. The molecule has 0 unspecified atom stereocenters. The lowest BCUT2D eigenvalue weighted by Crippen LogP contribution is -2.56. The molecule has 1 aromatic carbocycles. The number of nitrogens with zero attached hydrogens (tertiary/aromatic N) is 4. The second-order valence-electron chi connectivity index (χ2n) is 6.82.